The van der Waals surface area contributed by atoms with Crippen LogP contribution in [0, 0.1) is 0 Å². The molecule has 0 radical (unpaired) electrons. The minimum Gasteiger partial charge on any atom is -0.478 e. The first-order valence-electron chi connectivity index (χ1n) is 11.3. The third-order valence-electron chi connectivity index (χ3n) is 4.59. The lowest BCUT2D eigenvalue weighted by atomic mass is 10.1. The van der Waals surface area contributed by atoms with Gasteiger partial charge in [-0.15, -0.1) is 0 Å². The Balaban J connectivity index is -0.000000515. The van der Waals surface area contributed by atoms with Crippen LogP contribution in [0.1, 0.15) is 62.1 Å². The maximum Gasteiger partial charge on any atom is 0.336 e. The molecule has 0 aliphatic heterocycles. The van der Waals surface area contributed by atoms with Crippen LogP contribution in [0.2, 0.25) is 0 Å². The zero-order valence-electron chi connectivity index (χ0n) is 22.8. The zero-order valence-corrected chi connectivity index (χ0v) is 25.6. The molecule has 9 N–H and O–H groups in total. The van der Waals surface area contributed by atoms with Crippen LogP contribution in [0.3, 0.4) is 0 Å². The fraction of sp³-hybridized carbons (Fsp3) is 0.111. The summed E-state index contributed by atoms with van der Waals surface area (Å²) in [5.41, 5.74) is -1.14. The minimum absolute atomic E-state index is 0. The molecule has 0 saturated carbocycles. The summed E-state index contributed by atoms with van der Waals surface area (Å²) < 4.78 is 0. The van der Waals surface area contributed by atoms with Crippen molar-refractivity contribution in [1.29, 1.82) is 0 Å². The highest BCUT2D eigenvalue weighted by Crippen LogP contribution is 2.09. The Morgan fingerprint density at radius 3 is 0.614 bits per heavy atom. The highest BCUT2D eigenvalue weighted by molar-refractivity contribution is 6.92. The number of carbonyl (C=O) groups is 6. The van der Waals surface area contributed by atoms with E-state index in [4.69, 9.17) is 46.0 Å². The van der Waals surface area contributed by atoms with E-state index in [0.29, 0.717) is 0 Å². The molecule has 2 unspecified atom stereocenters. The summed E-state index contributed by atoms with van der Waals surface area (Å²) in [6.45, 7) is -0.729. The van der Waals surface area contributed by atoms with Crippen molar-refractivity contribution >= 4 is 55.6 Å². The topological polar surface area (TPSA) is 284 Å². The second-order valence-electron chi connectivity index (χ2n) is 7.49. The minimum atomic E-state index is -1.23. The van der Waals surface area contributed by atoms with Crippen molar-refractivity contribution in [3.63, 3.8) is 0 Å². The van der Waals surface area contributed by atoms with Crippen LogP contribution in [0.15, 0.2) is 72.8 Å². The van der Waals surface area contributed by atoms with Gasteiger partial charge < -0.3 is 46.0 Å². The summed E-state index contributed by atoms with van der Waals surface area (Å²) in [4.78, 5) is 62.8. The fourth-order valence-corrected chi connectivity index (χ4v) is 2.63. The summed E-state index contributed by atoms with van der Waals surface area (Å²) in [6, 6.07) is 16.4. The molecule has 2 atom stereocenters. The van der Waals surface area contributed by atoms with Gasteiger partial charge in [0, 0.05) is 0 Å². The molecule has 0 aliphatic rings. The van der Waals surface area contributed by atoms with Gasteiger partial charge in [-0.25, -0.2) is 28.8 Å². The molecule has 15 nitrogen and oxygen atoms in total. The number of rotatable bonds is 8. The van der Waals surface area contributed by atoms with Crippen LogP contribution in [-0.2, 0) is 0 Å². The lowest BCUT2D eigenvalue weighted by molar-refractivity contribution is 0.0450. The Bertz CT molecular complexity index is 1150. The van der Waals surface area contributed by atoms with Crippen molar-refractivity contribution in [2.24, 2.45) is 0 Å². The van der Waals surface area contributed by atoms with E-state index in [0.717, 1.165) is 0 Å². The summed E-state index contributed by atoms with van der Waals surface area (Å²) in [7, 11) is 0. The van der Waals surface area contributed by atoms with Gasteiger partial charge in [-0.1, -0.05) is 36.4 Å². The smallest absolute Gasteiger partial charge is 0.336 e. The summed E-state index contributed by atoms with van der Waals surface area (Å²) in [6.07, 6.45) is -0.954. The number of benzene rings is 3. The van der Waals surface area contributed by atoms with Crippen molar-refractivity contribution < 1.29 is 74.7 Å². The van der Waals surface area contributed by atoms with Gasteiger partial charge in [-0.3, -0.25) is 0 Å². The average molecular weight is 658 g/mol. The number of aliphatic hydroxyl groups excluding tert-OH is 3. The molecule has 0 saturated heterocycles. The van der Waals surface area contributed by atoms with E-state index in [9.17, 15) is 28.8 Å². The number of aliphatic hydroxyl groups is 3. The maximum absolute atomic E-state index is 10.5. The molecular weight excluding hydrogens is 626 g/mol. The van der Waals surface area contributed by atoms with E-state index in [1.165, 1.54) is 72.8 Å². The molecule has 0 fully saturated rings. The number of carboxylic acid groups (broad SMARTS) is 6. The van der Waals surface area contributed by atoms with Gasteiger partial charge in [-0.2, -0.15) is 19.8 Å². The highest BCUT2D eigenvalue weighted by atomic mass is 31.0. The number of aromatic carboxylic acids is 6. The van der Waals surface area contributed by atoms with Crippen molar-refractivity contribution in [3.05, 3.63) is 106 Å². The Morgan fingerprint density at radius 1 is 0.409 bits per heavy atom. The normalized spacial score (nSPS) is 9.00. The Kier molecular flexibility index (Phi) is 22.6. The molecule has 3 aromatic carbocycles. The van der Waals surface area contributed by atoms with Crippen molar-refractivity contribution in [3.8, 4) is 0 Å². The van der Waals surface area contributed by atoms with Gasteiger partial charge >= 0.3 is 35.8 Å². The Labute approximate surface area is 255 Å². The highest BCUT2D eigenvalue weighted by Gasteiger charge is 2.15. The van der Waals surface area contributed by atoms with Gasteiger partial charge in [0.25, 0.3) is 0 Å². The second-order valence-corrected chi connectivity index (χ2v) is 7.49. The predicted octanol–water partition coefficient (Wildman–Crippen LogP) is 1.70. The van der Waals surface area contributed by atoms with E-state index >= 15 is 0 Å². The van der Waals surface area contributed by atoms with Crippen LogP contribution in [0.25, 0.3) is 0 Å². The molecule has 44 heavy (non-hydrogen) atoms. The number of hydrogen-bond acceptors (Lipinski definition) is 9. The lowest BCUT2D eigenvalue weighted by Gasteiger charge is -1.98. The van der Waals surface area contributed by atoms with E-state index < -0.39 is 41.9 Å². The van der Waals surface area contributed by atoms with E-state index in [1.54, 1.807) is 0 Å². The summed E-state index contributed by atoms with van der Waals surface area (Å²) >= 11 is 0. The van der Waals surface area contributed by atoms with Crippen LogP contribution in [0.4, 0.5) is 0 Å². The van der Waals surface area contributed by atoms with Gasteiger partial charge in [0.1, 0.15) is 6.10 Å². The third-order valence-corrected chi connectivity index (χ3v) is 4.59. The van der Waals surface area contributed by atoms with Crippen LogP contribution >= 0.6 is 19.8 Å². The molecule has 17 heteroatoms. The molecular formula is C27H32O15P2. The van der Waals surface area contributed by atoms with Crippen LogP contribution < -0.4 is 0 Å². The van der Waals surface area contributed by atoms with Gasteiger partial charge in [0.2, 0.25) is 0 Å². The van der Waals surface area contributed by atoms with Crippen LogP contribution in [0.5, 0.6) is 0 Å². The maximum atomic E-state index is 10.5. The van der Waals surface area contributed by atoms with Crippen molar-refractivity contribution in [2.45, 2.75) is 6.10 Å². The molecule has 0 spiro atoms. The number of hydrogen-bond donors (Lipinski definition) is 9. The molecule has 3 rings (SSSR count). The average Bonchev–Trinajstić information content (AvgIpc) is 2.97. The van der Waals surface area contributed by atoms with E-state index in [2.05, 4.69) is 0 Å². The fourth-order valence-electron chi connectivity index (χ4n) is 2.63. The standard InChI is InChI=1S/3C8H6O4.C3H8O3.2H3P/c3*9-7(10)5-3-1-2-4-6(5)8(11)12;4-1-3(6)2-5;;/h3*1-4H,(H,9,10)(H,11,12);3-6H,1-2H2;2*1H3. The first kappa shape index (κ1) is 43.7. The zero-order chi connectivity index (χ0) is 32.4. The third kappa shape index (κ3) is 15.4. The molecule has 0 bridgehead atoms. The van der Waals surface area contributed by atoms with Gasteiger partial charge in [0.05, 0.1) is 46.6 Å². The van der Waals surface area contributed by atoms with Gasteiger partial charge in [0.15, 0.2) is 0 Å². The van der Waals surface area contributed by atoms with Gasteiger partial charge in [-0.05, 0) is 36.4 Å². The summed E-state index contributed by atoms with van der Waals surface area (Å²) in [5, 5.41) is 75.3. The van der Waals surface area contributed by atoms with Crippen molar-refractivity contribution in [2.75, 3.05) is 13.2 Å². The molecule has 0 amide bonds. The lowest BCUT2D eigenvalue weighted by Crippen LogP contribution is -2.15. The molecule has 0 aromatic heterocycles. The second kappa shape index (κ2) is 22.8. The Hall–Kier alpha value is -4.78. The summed E-state index contributed by atoms with van der Waals surface area (Å²) in [5.74, 6) is -7.37. The van der Waals surface area contributed by atoms with E-state index in [-0.39, 0.29) is 66.4 Å². The van der Waals surface area contributed by atoms with Crippen LogP contribution in [-0.4, -0.2) is 101 Å². The molecule has 0 heterocycles. The molecule has 240 valence electrons. The quantitative estimate of drug-likeness (QED) is 0.156. The first-order chi connectivity index (χ1) is 19.7. The molecule has 3 aromatic rings. The van der Waals surface area contributed by atoms with E-state index in [1.807, 2.05) is 0 Å². The molecule has 0 aliphatic carbocycles. The largest absolute Gasteiger partial charge is 0.478 e. The monoisotopic (exact) mass is 658 g/mol. The Morgan fingerprint density at radius 2 is 0.545 bits per heavy atom. The SMILES string of the molecule is O=C(O)c1ccccc1C(=O)O.O=C(O)c1ccccc1C(=O)O.O=C(O)c1ccccc1C(=O)O.OCC(O)CO.P.P. The van der Waals surface area contributed by atoms with Crippen molar-refractivity contribution in [1.82, 2.24) is 0 Å². The predicted molar refractivity (Wildman–Crippen MR) is 163 cm³/mol. The first-order valence-corrected chi connectivity index (χ1v) is 11.3. The number of carboxylic acids is 6.